The number of nitrogens with zero attached hydrogens (tertiary/aromatic N) is 2. The van der Waals surface area contributed by atoms with E-state index >= 15 is 0 Å². The van der Waals surface area contributed by atoms with E-state index in [2.05, 4.69) is 23.6 Å². The standard InChI is InChI=1S/C28H27FN2O2S/c1-20-10-12-25(13-11-20)34(32,33)30-16-14-23(15-17-30)28-21(2)31(27-9-4-3-8-26(27)28)19-22-6-5-7-24(29)18-22/h3-14,18H,15-17,19H2,1-2H3. The number of aromatic nitrogens is 1. The van der Waals surface area contributed by atoms with Gasteiger partial charge >= 0.3 is 0 Å². The lowest BCUT2D eigenvalue weighted by atomic mass is 9.97. The van der Waals surface area contributed by atoms with E-state index in [1.165, 1.54) is 6.07 Å². The molecule has 5 rings (SSSR count). The van der Waals surface area contributed by atoms with E-state index in [1.54, 1.807) is 28.6 Å². The first-order chi connectivity index (χ1) is 16.3. The summed E-state index contributed by atoms with van der Waals surface area (Å²) in [6, 6.07) is 21.9. The van der Waals surface area contributed by atoms with Gasteiger partial charge in [-0.05, 0) is 61.7 Å². The Morgan fingerprint density at radius 2 is 1.71 bits per heavy atom. The molecule has 0 radical (unpaired) electrons. The summed E-state index contributed by atoms with van der Waals surface area (Å²) in [6.45, 7) is 5.38. The van der Waals surface area contributed by atoms with Crippen LogP contribution in [0.2, 0.25) is 0 Å². The number of aryl methyl sites for hydroxylation is 1. The zero-order chi connectivity index (χ0) is 23.9. The molecule has 1 aliphatic heterocycles. The van der Waals surface area contributed by atoms with E-state index in [4.69, 9.17) is 0 Å². The van der Waals surface area contributed by atoms with Gasteiger partial charge in [0.1, 0.15) is 5.82 Å². The van der Waals surface area contributed by atoms with Gasteiger partial charge in [0.2, 0.25) is 10.0 Å². The second-order valence-corrected chi connectivity index (χ2v) is 10.8. The van der Waals surface area contributed by atoms with Crippen LogP contribution in [0.3, 0.4) is 0 Å². The molecule has 4 aromatic rings. The number of sulfonamides is 1. The Hall–Kier alpha value is -3.22. The molecular formula is C28H27FN2O2S. The summed E-state index contributed by atoms with van der Waals surface area (Å²) in [5, 5.41) is 1.14. The number of hydrogen-bond donors (Lipinski definition) is 0. The van der Waals surface area contributed by atoms with Crippen LogP contribution in [0, 0.1) is 19.7 Å². The number of hydrogen-bond acceptors (Lipinski definition) is 2. The maximum Gasteiger partial charge on any atom is 0.243 e. The maximum absolute atomic E-state index is 13.8. The number of fused-ring (bicyclic) bond motifs is 1. The summed E-state index contributed by atoms with van der Waals surface area (Å²) >= 11 is 0. The molecule has 0 saturated carbocycles. The molecule has 0 unspecified atom stereocenters. The van der Waals surface area contributed by atoms with Gasteiger partial charge in [0.25, 0.3) is 0 Å². The lowest BCUT2D eigenvalue weighted by Crippen LogP contribution is -2.34. The Labute approximate surface area is 200 Å². The summed E-state index contributed by atoms with van der Waals surface area (Å²) in [7, 11) is -3.53. The minimum Gasteiger partial charge on any atom is -0.340 e. The fraction of sp³-hybridized carbons (Fsp3) is 0.214. The number of benzene rings is 3. The third kappa shape index (κ3) is 4.08. The quantitative estimate of drug-likeness (QED) is 0.360. The van der Waals surface area contributed by atoms with Crippen molar-refractivity contribution in [2.45, 2.75) is 31.7 Å². The summed E-state index contributed by atoms with van der Waals surface area (Å²) in [4.78, 5) is 0.331. The van der Waals surface area contributed by atoms with Crippen molar-refractivity contribution < 1.29 is 12.8 Å². The highest BCUT2D eigenvalue weighted by molar-refractivity contribution is 7.89. The predicted octanol–water partition coefficient (Wildman–Crippen LogP) is 5.92. The molecule has 0 spiro atoms. The molecule has 4 nitrogen and oxygen atoms in total. The molecule has 0 atom stereocenters. The minimum absolute atomic E-state index is 0.239. The van der Waals surface area contributed by atoms with Gasteiger partial charge in [0.05, 0.1) is 4.90 Å². The van der Waals surface area contributed by atoms with Gasteiger partial charge in [-0.25, -0.2) is 12.8 Å². The third-order valence-corrected chi connectivity index (χ3v) is 8.49. The topological polar surface area (TPSA) is 42.3 Å². The Bertz CT molecular complexity index is 1500. The predicted molar refractivity (Wildman–Crippen MR) is 135 cm³/mol. The van der Waals surface area contributed by atoms with Gasteiger partial charge in [-0.3, -0.25) is 0 Å². The van der Waals surface area contributed by atoms with Crippen LogP contribution in [-0.2, 0) is 16.6 Å². The van der Waals surface area contributed by atoms with Crippen molar-refractivity contribution in [1.82, 2.24) is 8.87 Å². The molecule has 0 saturated heterocycles. The van der Waals surface area contributed by atoms with E-state index in [0.29, 0.717) is 31.0 Å². The van der Waals surface area contributed by atoms with Crippen molar-refractivity contribution >= 4 is 26.5 Å². The first-order valence-corrected chi connectivity index (χ1v) is 12.9. The van der Waals surface area contributed by atoms with Crippen molar-refractivity contribution in [2.24, 2.45) is 0 Å². The molecule has 0 amide bonds. The molecule has 6 heteroatoms. The van der Waals surface area contributed by atoms with Gasteiger partial charge in [0, 0.05) is 41.8 Å². The molecule has 174 valence electrons. The average molecular weight is 475 g/mol. The maximum atomic E-state index is 13.8. The van der Waals surface area contributed by atoms with Gasteiger partial charge < -0.3 is 4.57 Å². The Morgan fingerprint density at radius 3 is 2.41 bits per heavy atom. The molecule has 2 heterocycles. The van der Waals surface area contributed by atoms with E-state index in [0.717, 1.165) is 38.9 Å². The van der Waals surface area contributed by atoms with Crippen LogP contribution >= 0.6 is 0 Å². The van der Waals surface area contributed by atoms with Crippen LogP contribution in [0.4, 0.5) is 4.39 Å². The monoisotopic (exact) mass is 474 g/mol. The first kappa shape index (κ1) is 22.6. The van der Waals surface area contributed by atoms with Crippen molar-refractivity contribution in [2.75, 3.05) is 13.1 Å². The smallest absolute Gasteiger partial charge is 0.243 e. The molecule has 0 fully saturated rings. The van der Waals surface area contributed by atoms with Crippen LogP contribution in [0.1, 0.15) is 28.8 Å². The molecule has 0 bridgehead atoms. The van der Waals surface area contributed by atoms with E-state index < -0.39 is 10.0 Å². The second-order valence-electron chi connectivity index (χ2n) is 8.85. The SMILES string of the molecule is Cc1ccc(S(=O)(=O)N2CC=C(c3c(C)n(Cc4cccc(F)c4)c4ccccc34)CC2)cc1. The molecule has 0 aliphatic carbocycles. The van der Waals surface area contributed by atoms with Gasteiger partial charge in [-0.2, -0.15) is 4.31 Å². The van der Waals surface area contributed by atoms with Crippen LogP contribution < -0.4 is 0 Å². The largest absolute Gasteiger partial charge is 0.340 e. The lowest BCUT2D eigenvalue weighted by Gasteiger charge is -2.26. The average Bonchev–Trinajstić information content (AvgIpc) is 3.11. The molecule has 3 aromatic carbocycles. The third-order valence-electron chi connectivity index (χ3n) is 6.61. The highest BCUT2D eigenvalue weighted by Gasteiger charge is 2.28. The Kier molecular flexibility index (Phi) is 5.88. The summed E-state index contributed by atoms with van der Waals surface area (Å²) in [5.74, 6) is -0.239. The number of rotatable bonds is 5. The zero-order valence-electron chi connectivity index (χ0n) is 19.3. The lowest BCUT2D eigenvalue weighted by molar-refractivity contribution is 0.441. The zero-order valence-corrected chi connectivity index (χ0v) is 20.1. The van der Waals surface area contributed by atoms with Crippen molar-refractivity contribution in [3.8, 4) is 0 Å². The fourth-order valence-corrected chi connectivity index (χ4v) is 6.19. The minimum atomic E-state index is -3.53. The van der Waals surface area contributed by atoms with Crippen LogP contribution in [0.15, 0.2) is 83.8 Å². The van der Waals surface area contributed by atoms with E-state index in [9.17, 15) is 12.8 Å². The van der Waals surface area contributed by atoms with Crippen molar-refractivity contribution in [3.63, 3.8) is 0 Å². The van der Waals surface area contributed by atoms with E-state index in [1.807, 2.05) is 43.3 Å². The van der Waals surface area contributed by atoms with Crippen molar-refractivity contribution in [1.29, 1.82) is 0 Å². The second kappa shape index (κ2) is 8.85. The Morgan fingerprint density at radius 1 is 0.941 bits per heavy atom. The van der Waals surface area contributed by atoms with E-state index in [-0.39, 0.29) is 5.82 Å². The van der Waals surface area contributed by atoms with Gasteiger partial charge in [-0.15, -0.1) is 0 Å². The van der Waals surface area contributed by atoms with Crippen molar-refractivity contribution in [3.05, 3.63) is 107 Å². The molecule has 34 heavy (non-hydrogen) atoms. The first-order valence-electron chi connectivity index (χ1n) is 11.4. The van der Waals surface area contributed by atoms with Crippen LogP contribution in [0.25, 0.3) is 16.5 Å². The molecule has 1 aromatic heterocycles. The van der Waals surface area contributed by atoms with Gasteiger partial charge in [-0.1, -0.05) is 54.1 Å². The highest BCUT2D eigenvalue weighted by atomic mass is 32.2. The molecule has 1 aliphatic rings. The normalized spacial score (nSPS) is 15.0. The fourth-order valence-electron chi connectivity index (χ4n) is 4.81. The highest BCUT2D eigenvalue weighted by Crippen LogP contribution is 2.35. The number of para-hydroxylation sites is 1. The van der Waals surface area contributed by atoms with Crippen LogP contribution in [0.5, 0.6) is 0 Å². The Balaban J connectivity index is 1.49. The molecular weight excluding hydrogens is 447 g/mol. The summed E-state index contributed by atoms with van der Waals surface area (Å²) in [6.07, 6.45) is 2.68. The van der Waals surface area contributed by atoms with Crippen LogP contribution in [-0.4, -0.2) is 30.4 Å². The molecule has 0 N–H and O–H groups in total. The number of halogens is 1. The summed E-state index contributed by atoms with van der Waals surface area (Å²) < 4.78 is 43.8. The van der Waals surface area contributed by atoms with Gasteiger partial charge in [0.15, 0.2) is 0 Å². The summed E-state index contributed by atoms with van der Waals surface area (Å²) in [5.41, 5.74) is 6.44.